The normalized spacial score (nSPS) is 11.3. The average Bonchev–Trinajstić information content (AvgIpc) is 3.08. The third kappa shape index (κ3) is 4.17. The van der Waals surface area contributed by atoms with Crippen molar-refractivity contribution in [2.45, 2.75) is 0 Å². The molecule has 1 heterocycles. The first kappa shape index (κ1) is 16.1. The number of carbonyl (C=O) groups is 2. The molecular formula is C17H13N3O5. The van der Waals surface area contributed by atoms with E-state index in [1.54, 1.807) is 36.4 Å². The fraction of sp³-hybridized carbons (Fsp3) is 0.118. The van der Waals surface area contributed by atoms with Crippen molar-refractivity contribution in [3.8, 4) is 23.3 Å². The topological polar surface area (TPSA) is 110 Å². The van der Waals surface area contributed by atoms with Crippen LogP contribution in [-0.2, 0) is 4.79 Å². The number of amides is 3. The maximum absolute atomic E-state index is 11.8. The number of carbonyl (C=O) groups excluding carboxylic acids is 2. The van der Waals surface area contributed by atoms with Crippen molar-refractivity contribution in [3.63, 3.8) is 0 Å². The zero-order valence-corrected chi connectivity index (χ0v) is 12.9. The minimum atomic E-state index is -0.696. The summed E-state index contributed by atoms with van der Waals surface area (Å²) in [6.45, 7) is -0.225. The van der Waals surface area contributed by atoms with Crippen LogP contribution in [-0.4, -0.2) is 25.3 Å². The van der Waals surface area contributed by atoms with Gasteiger partial charge in [-0.3, -0.25) is 10.1 Å². The Balaban J connectivity index is 1.49. The van der Waals surface area contributed by atoms with Gasteiger partial charge in [0.1, 0.15) is 5.75 Å². The van der Waals surface area contributed by atoms with E-state index in [0.29, 0.717) is 28.5 Å². The summed E-state index contributed by atoms with van der Waals surface area (Å²) >= 11 is 0. The first-order valence-electron chi connectivity index (χ1n) is 7.27. The van der Waals surface area contributed by atoms with Gasteiger partial charge in [-0.2, -0.15) is 5.26 Å². The molecule has 0 radical (unpaired) electrons. The minimum absolute atomic E-state index is 0.133. The molecule has 8 nitrogen and oxygen atoms in total. The fourth-order valence-corrected chi connectivity index (χ4v) is 2.10. The SMILES string of the molecule is N#Cc1cccc(OCC(=O)NC(=O)Nc2ccc3c(c2)OCO3)c1. The van der Waals surface area contributed by atoms with E-state index in [2.05, 4.69) is 10.6 Å². The van der Waals surface area contributed by atoms with E-state index in [1.165, 1.54) is 6.07 Å². The predicted molar refractivity (Wildman–Crippen MR) is 86.4 cm³/mol. The second-order valence-electron chi connectivity index (χ2n) is 5.00. The van der Waals surface area contributed by atoms with Gasteiger partial charge in [0.2, 0.25) is 6.79 Å². The maximum Gasteiger partial charge on any atom is 0.325 e. The van der Waals surface area contributed by atoms with Gasteiger partial charge >= 0.3 is 6.03 Å². The van der Waals surface area contributed by atoms with E-state index < -0.39 is 11.9 Å². The molecule has 1 aliphatic rings. The number of fused-ring (bicyclic) bond motifs is 1. The largest absolute Gasteiger partial charge is 0.484 e. The second kappa shape index (κ2) is 7.23. The van der Waals surface area contributed by atoms with Crippen LogP contribution in [0.2, 0.25) is 0 Å². The van der Waals surface area contributed by atoms with Gasteiger partial charge in [-0.15, -0.1) is 0 Å². The summed E-state index contributed by atoms with van der Waals surface area (Å²) in [5.41, 5.74) is 0.871. The summed E-state index contributed by atoms with van der Waals surface area (Å²) in [5, 5.41) is 13.5. The number of rotatable bonds is 4. The van der Waals surface area contributed by atoms with E-state index in [1.807, 2.05) is 6.07 Å². The molecule has 0 saturated carbocycles. The van der Waals surface area contributed by atoms with Crippen molar-refractivity contribution in [2.75, 3.05) is 18.7 Å². The molecular weight excluding hydrogens is 326 g/mol. The molecule has 2 aromatic rings. The van der Waals surface area contributed by atoms with Crippen LogP contribution >= 0.6 is 0 Å². The van der Waals surface area contributed by atoms with Crippen molar-refractivity contribution in [2.24, 2.45) is 0 Å². The molecule has 2 aromatic carbocycles. The number of nitrogens with zero attached hydrogens (tertiary/aromatic N) is 1. The van der Waals surface area contributed by atoms with Gasteiger partial charge in [-0.1, -0.05) is 6.07 Å². The Morgan fingerprint density at radius 3 is 2.84 bits per heavy atom. The number of nitriles is 1. The molecule has 1 aliphatic heterocycles. The summed E-state index contributed by atoms with van der Waals surface area (Å²) in [4.78, 5) is 23.6. The molecule has 3 amide bonds. The van der Waals surface area contributed by atoms with Crippen molar-refractivity contribution in [1.29, 1.82) is 5.26 Å². The van der Waals surface area contributed by atoms with Crippen LogP contribution in [0.4, 0.5) is 10.5 Å². The number of ether oxygens (including phenoxy) is 3. The Hall–Kier alpha value is -3.73. The number of benzene rings is 2. The predicted octanol–water partition coefficient (Wildman–Crippen LogP) is 2.01. The zero-order valence-electron chi connectivity index (χ0n) is 12.9. The summed E-state index contributed by atoms with van der Waals surface area (Å²) in [6.07, 6.45) is 0. The molecule has 0 aromatic heterocycles. The fourth-order valence-electron chi connectivity index (χ4n) is 2.10. The highest BCUT2D eigenvalue weighted by atomic mass is 16.7. The Morgan fingerprint density at radius 1 is 1.16 bits per heavy atom. The Bertz CT molecular complexity index is 860. The smallest absolute Gasteiger partial charge is 0.325 e. The summed E-state index contributed by atoms with van der Waals surface area (Å²) in [7, 11) is 0. The third-order valence-corrected chi connectivity index (χ3v) is 3.22. The highest BCUT2D eigenvalue weighted by Gasteiger charge is 2.15. The molecule has 0 saturated heterocycles. The Labute approximate surface area is 142 Å². The monoisotopic (exact) mass is 339 g/mol. The van der Waals surface area contributed by atoms with Gasteiger partial charge in [0.25, 0.3) is 5.91 Å². The van der Waals surface area contributed by atoms with Crippen molar-refractivity contribution in [3.05, 3.63) is 48.0 Å². The third-order valence-electron chi connectivity index (χ3n) is 3.22. The molecule has 8 heteroatoms. The van der Waals surface area contributed by atoms with Gasteiger partial charge < -0.3 is 19.5 Å². The highest BCUT2D eigenvalue weighted by Crippen LogP contribution is 2.34. The zero-order chi connectivity index (χ0) is 17.6. The second-order valence-corrected chi connectivity index (χ2v) is 5.00. The summed E-state index contributed by atoms with van der Waals surface area (Å²) < 4.78 is 15.6. The molecule has 0 unspecified atom stereocenters. The van der Waals surface area contributed by atoms with Crippen LogP contribution in [0.1, 0.15) is 5.56 Å². The molecule has 0 fully saturated rings. The van der Waals surface area contributed by atoms with Crippen LogP contribution in [0, 0.1) is 11.3 Å². The van der Waals surface area contributed by atoms with Gasteiger partial charge in [0.15, 0.2) is 18.1 Å². The number of nitrogens with one attached hydrogen (secondary N) is 2. The standard InChI is InChI=1S/C17H13N3O5/c18-8-11-2-1-3-13(6-11)23-9-16(21)20-17(22)19-12-4-5-14-15(7-12)25-10-24-14/h1-7H,9-10H2,(H2,19,20,21,22). The number of anilines is 1. The van der Waals surface area contributed by atoms with E-state index >= 15 is 0 Å². The number of hydrogen-bond donors (Lipinski definition) is 2. The molecule has 3 rings (SSSR count). The summed E-state index contributed by atoms with van der Waals surface area (Å²) in [5.74, 6) is 0.853. The lowest BCUT2D eigenvalue weighted by molar-refractivity contribution is -0.121. The Kier molecular flexibility index (Phi) is 4.67. The molecule has 0 aliphatic carbocycles. The van der Waals surface area contributed by atoms with Crippen molar-refractivity contribution < 1.29 is 23.8 Å². The van der Waals surface area contributed by atoms with Gasteiger partial charge in [0, 0.05) is 11.8 Å². The van der Waals surface area contributed by atoms with Gasteiger partial charge in [-0.05, 0) is 30.3 Å². The molecule has 0 atom stereocenters. The van der Waals surface area contributed by atoms with Crippen molar-refractivity contribution >= 4 is 17.6 Å². The summed E-state index contributed by atoms with van der Waals surface area (Å²) in [6, 6.07) is 12.5. The maximum atomic E-state index is 11.8. The molecule has 126 valence electrons. The number of hydrogen-bond acceptors (Lipinski definition) is 6. The lowest BCUT2D eigenvalue weighted by Crippen LogP contribution is -2.37. The first-order valence-corrected chi connectivity index (χ1v) is 7.27. The molecule has 0 bridgehead atoms. The molecule has 0 spiro atoms. The molecule has 25 heavy (non-hydrogen) atoms. The van der Waals surface area contributed by atoms with Crippen LogP contribution in [0.3, 0.4) is 0 Å². The van der Waals surface area contributed by atoms with Crippen LogP contribution in [0.5, 0.6) is 17.2 Å². The van der Waals surface area contributed by atoms with Gasteiger partial charge in [-0.25, -0.2) is 4.79 Å². The van der Waals surface area contributed by atoms with Crippen LogP contribution in [0.25, 0.3) is 0 Å². The number of urea groups is 1. The lowest BCUT2D eigenvalue weighted by Gasteiger charge is -2.08. The first-order chi connectivity index (χ1) is 12.1. The van der Waals surface area contributed by atoms with E-state index in [4.69, 9.17) is 19.5 Å². The van der Waals surface area contributed by atoms with Crippen LogP contribution in [0.15, 0.2) is 42.5 Å². The van der Waals surface area contributed by atoms with E-state index in [0.717, 1.165) is 0 Å². The molecule has 2 N–H and O–H groups in total. The van der Waals surface area contributed by atoms with E-state index in [9.17, 15) is 9.59 Å². The van der Waals surface area contributed by atoms with Crippen LogP contribution < -0.4 is 24.8 Å². The highest BCUT2D eigenvalue weighted by molar-refractivity contribution is 6.01. The quantitative estimate of drug-likeness (QED) is 0.882. The number of imide groups is 1. The lowest BCUT2D eigenvalue weighted by atomic mass is 10.2. The van der Waals surface area contributed by atoms with E-state index in [-0.39, 0.29) is 13.4 Å². The Morgan fingerprint density at radius 2 is 2.00 bits per heavy atom. The minimum Gasteiger partial charge on any atom is -0.484 e. The van der Waals surface area contributed by atoms with Crippen molar-refractivity contribution in [1.82, 2.24) is 5.32 Å². The van der Waals surface area contributed by atoms with Gasteiger partial charge in [0.05, 0.1) is 11.6 Å². The average molecular weight is 339 g/mol.